The summed E-state index contributed by atoms with van der Waals surface area (Å²) in [5.74, 6) is -1.85. The molecule has 0 bridgehead atoms. The molecule has 0 amide bonds. The molecule has 0 unspecified atom stereocenters. The van der Waals surface area contributed by atoms with Gasteiger partial charge in [-0.05, 0) is 38.4 Å². The lowest BCUT2D eigenvalue weighted by Gasteiger charge is -2.26. The normalized spacial score (nSPS) is 11.7. The second kappa shape index (κ2) is 7.06. The molecule has 2 aromatic carbocycles. The van der Waals surface area contributed by atoms with Gasteiger partial charge in [-0.25, -0.2) is 17.2 Å². The number of hydrogen-bond acceptors (Lipinski definition) is 3. The topological polar surface area (TPSA) is 40.6 Å². The van der Waals surface area contributed by atoms with Crippen molar-refractivity contribution in [3.63, 3.8) is 0 Å². The van der Waals surface area contributed by atoms with Gasteiger partial charge in [-0.15, -0.1) is 0 Å². The van der Waals surface area contributed by atoms with Crippen LogP contribution in [0.2, 0.25) is 0 Å². The third kappa shape index (κ3) is 4.27. The summed E-state index contributed by atoms with van der Waals surface area (Å²) in [4.78, 5) is 1.43. The van der Waals surface area contributed by atoms with E-state index in [0.29, 0.717) is 18.3 Å². The molecule has 7 heteroatoms. The zero-order valence-electron chi connectivity index (χ0n) is 12.9. The fourth-order valence-corrected chi connectivity index (χ4v) is 3.58. The minimum absolute atomic E-state index is 0.164. The summed E-state index contributed by atoms with van der Waals surface area (Å²) in [7, 11) is -0.434. The quantitative estimate of drug-likeness (QED) is 0.812. The number of sulfonamides is 1. The van der Waals surface area contributed by atoms with Crippen molar-refractivity contribution in [1.82, 2.24) is 4.90 Å². The van der Waals surface area contributed by atoms with E-state index >= 15 is 0 Å². The van der Waals surface area contributed by atoms with Gasteiger partial charge in [0.2, 0.25) is 0 Å². The molecule has 0 atom stereocenters. The summed E-state index contributed by atoms with van der Waals surface area (Å²) in [5.41, 5.74) is 0.444. The summed E-state index contributed by atoms with van der Waals surface area (Å²) >= 11 is 0. The lowest BCUT2D eigenvalue weighted by Crippen LogP contribution is -2.36. The first-order valence-corrected chi connectivity index (χ1v) is 8.43. The smallest absolute Gasteiger partial charge is 0.264 e. The molecule has 0 saturated heterocycles. The lowest BCUT2D eigenvalue weighted by molar-refractivity contribution is 0.419. The van der Waals surface area contributed by atoms with Crippen LogP contribution in [-0.2, 0) is 10.0 Å². The molecule has 0 radical (unpaired) electrons. The van der Waals surface area contributed by atoms with Crippen LogP contribution in [-0.4, -0.2) is 40.5 Å². The lowest BCUT2D eigenvalue weighted by atomic mass is 10.3. The predicted molar refractivity (Wildman–Crippen MR) is 85.9 cm³/mol. The Kier molecular flexibility index (Phi) is 5.33. The van der Waals surface area contributed by atoms with E-state index in [1.54, 1.807) is 30.3 Å². The number of hydrogen-bond donors (Lipinski definition) is 0. The largest absolute Gasteiger partial charge is 0.308 e. The van der Waals surface area contributed by atoms with Gasteiger partial charge in [0, 0.05) is 19.2 Å². The highest BCUT2D eigenvalue weighted by Gasteiger charge is 2.26. The fourth-order valence-electron chi connectivity index (χ4n) is 2.08. The molecule has 0 N–H and O–H groups in total. The van der Waals surface area contributed by atoms with Crippen LogP contribution < -0.4 is 4.31 Å². The summed E-state index contributed by atoms with van der Waals surface area (Å²) in [6.07, 6.45) is 0. The number of likely N-dealkylation sites (N-methyl/N-ethyl adjacent to an activating group) is 1. The maximum Gasteiger partial charge on any atom is 0.264 e. The maximum absolute atomic E-state index is 13.4. The van der Waals surface area contributed by atoms with Crippen LogP contribution in [0.1, 0.15) is 0 Å². The van der Waals surface area contributed by atoms with Gasteiger partial charge in [-0.3, -0.25) is 4.31 Å². The molecule has 2 aromatic rings. The van der Waals surface area contributed by atoms with Crippen LogP contribution in [0.25, 0.3) is 0 Å². The number of para-hydroxylation sites is 1. The van der Waals surface area contributed by atoms with Gasteiger partial charge < -0.3 is 4.90 Å². The Morgan fingerprint density at radius 3 is 2.00 bits per heavy atom. The molecule has 124 valence electrons. The Labute approximate surface area is 135 Å². The van der Waals surface area contributed by atoms with Crippen molar-refractivity contribution >= 4 is 15.7 Å². The number of benzene rings is 2. The number of anilines is 1. The van der Waals surface area contributed by atoms with Crippen LogP contribution in [0.3, 0.4) is 0 Å². The van der Waals surface area contributed by atoms with E-state index in [9.17, 15) is 17.2 Å². The molecule has 0 spiro atoms. The molecule has 0 aliphatic heterocycles. The zero-order valence-corrected chi connectivity index (χ0v) is 13.7. The van der Waals surface area contributed by atoms with Gasteiger partial charge in [0.1, 0.15) is 11.6 Å². The molecule has 0 aliphatic rings. The fraction of sp³-hybridized carbons (Fsp3) is 0.250. The molecule has 0 saturated carbocycles. The first-order chi connectivity index (χ1) is 10.8. The van der Waals surface area contributed by atoms with E-state index in [-0.39, 0.29) is 6.54 Å². The van der Waals surface area contributed by atoms with Crippen molar-refractivity contribution in [3.8, 4) is 0 Å². The van der Waals surface area contributed by atoms with Gasteiger partial charge in [-0.2, -0.15) is 0 Å². The number of rotatable bonds is 6. The van der Waals surface area contributed by atoms with Crippen molar-refractivity contribution in [3.05, 3.63) is 60.2 Å². The minimum Gasteiger partial charge on any atom is -0.308 e. The molecular weight excluding hydrogens is 322 g/mol. The van der Waals surface area contributed by atoms with E-state index in [0.717, 1.165) is 16.4 Å². The van der Waals surface area contributed by atoms with E-state index < -0.39 is 26.6 Å². The van der Waals surface area contributed by atoms with Crippen LogP contribution in [0.5, 0.6) is 0 Å². The summed E-state index contributed by atoms with van der Waals surface area (Å²) in [6, 6.07) is 10.8. The van der Waals surface area contributed by atoms with Crippen LogP contribution in [0, 0.1) is 11.6 Å². The highest BCUT2D eigenvalue weighted by Crippen LogP contribution is 2.24. The van der Waals surface area contributed by atoms with Crippen molar-refractivity contribution in [2.24, 2.45) is 0 Å². The van der Waals surface area contributed by atoms with Gasteiger partial charge in [0.25, 0.3) is 10.0 Å². The Bertz CT molecular complexity index is 745. The Morgan fingerprint density at radius 2 is 1.48 bits per heavy atom. The predicted octanol–water partition coefficient (Wildman–Crippen LogP) is 2.72. The first kappa shape index (κ1) is 17.4. The average molecular weight is 340 g/mol. The standard InChI is InChI=1S/C16H18F2N2O2S/c1-19(2)8-9-20(15-6-4-3-5-7-15)23(21,22)16-11-13(17)10-14(18)12-16/h3-7,10-12H,8-9H2,1-2H3. The third-order valence-electron chi connectivity index (χ3n) is 3.22. The van der Waals surface area contributed by atoms with Crippen molar-refractivity contribution < 1.29 is 17.2 Å². The second-order valence-corrected chi connectivity index (χ2v) is 7.18. The van der Waals surface area contributed by atoms with Crippen molar-refractivity contribution in [1.29, 1.82) is 0 Å². The highest BCUT2D eigenvalue weighted by atomic mass is 32.2. The molecule has 4 nitrogen and oxygen atoms in total. The SMILES string of the molecule is CN(C)CCN(c1ccccc1)S(=O)(=O)c1cc(F)cc(F)c1. The van der Waals surface area contributed by atoms with Gasteiger partial charge in [0.05, 0.1) is 10.6 Å². The minimum atomic E-state index is -4.07. The van der Waals surface area contributed by atoms with E-state index in [4.69, 9.17) is 0 Å². The third-order valence-corrected chi connectivity index (χ3v) is 5.02. The molecule has 0 aliphatic carbocycles. The first-order valence-electron chi connectivity index (χ1n) is 6.99. The molecule has 0 fully saturated rings. The zero-order chi connectivity index (χ0) is 17.0. The van der Waals surface area contributed by atoms with Crippen molar-refractivity contribution in [2.45, 2.75) is 4.90 Å². The summed E-state index contributed by atoms with van der Waals surface area (Å²) < 4.78 is 53.6. The Balaban J connectivity index is 2.48. The number of halogens is 2. The average Bonchev–Trinajstić information content (AvgIpc) is 2.47. The Morgan fingerprint density at radius 1 is 0.913 bits per heavy atom. The van der Waals surface area contributed by atoms with Crippen molar-refractivity contribution in [2.75, 3.05) is 31.5 Å². The highest BCUT2D eigenvalue weighted by molar-refractivity contribution is 7.92. The van der Waals surface area contributed by atoms with Crippen LogP contribution in [0.15, 0.2) is 53.4 Å². The van der Waals surface area contributed by atoms with Crippen LogP contribution in [0.4, 0.5) is 14.5 Å². The van der Waals surface area contributed by atoms with Gasteiger partial charge in [0.15, 0.2) is 0 Å². The molecule has 23 heavy (non-hydrogen) atoms. The van der Waals surface area contributed by atoms with E-state index in [1.807, 2.05) is 19.0 Å². The molecule has 0 heterocycles. The number of nitrogens with zero attached hydrogens (tertiary/aromatic N) is 2. The Hall–Kier alpha value is -1.99. The summed E-state index contributed by atoms with van der Waals surface area (Å²) in [6.45, 7) is 0.628. The van der Waals surface area contributed by atoms with Gasteiger partial charge in [-0.1, -0.05) is 18.2 Å². The van der Waals surface area contributed by atoms with Gasteiger partial charge >= 0.3 is 0 Å². The molecular formula is C16H18F2N2O2S. The monoisotopic (exact) mass is 340 g/mol. The second-order valence-electron chi connectivity index (χ2n) is 5.32. The molecule has 0 aromatic heterocycles. The van der Waals surface area contributed by atoms with E-state index in [1.165, 1.54) is 0 Å². The maximum atomic E-state index is 13.4. The molecule has 2 rings (SSSR count). The van der Waals surface area contributed by atoms with E-state index in [2.05, 4.69) is 0 Å². The summed E-state index contributed by atoms with van der Waals surface area (Å²) in [5, 5.41) is 0. The van der Waals surface area contributed by atoms with Crippen LogP contribution >= 0.6 is 0 Å².